The molecule has 0 heterocycles. The minimum atomic E-state index is -0.935. The summed E-state index contributed by atoms with van der Waals surface area (Å²) in [5.74, 6) is 1.05. The number of nitrogens with one attached hydrogen (secondary N) is 1. The van der Waals surface area contributed by atoms with Crippen LogP contribution in [0.3, 0.4) is 0 Å². The van der Waals surface area contributed by atoms with Crippen molar-refractivity contribution in [2.45, 2.75) is 13.1 Å². The van der Waals surface area contributed by atoms with Crippen molar-refractivity contribution in [2.75, 3.05) is 21.3 Å². The number of hydrogen-bond donors (Lipinski definition) is 2. The summed E-state index contributed by atoms with van der Waals surface area (Å²) in [6.07, 6.45) is 0. The third kappa shape index (κ3) is 4.17. The minimum Gasteiger partial charge on any atom is -0.496 e. The van der Waals surface area contributed by atoms with Crippen LogP contribution in [0, 0.1) is 0 Å². The molecule has 0 aliphatic carbocycles. The second-order valence-corrected chi connectivity index (χ2v) is 5.12. The highest BCUT2D eigenvalue weighted by Gasteiger charge is 2.13. The summed E-state index contributed by atoms with van der Waals surface area (Å²) in [4.78, 5) is 11.0. The summed E-state index contributed by atoms with van der Waals surface area (Å²) < 4.78 is 16.0. The van der Waals surface area contributed by atoms with Crippen LogP contribution in [-0.4, -0.2) is 32.4 Å². The number of carboxylic acids is 1. The molecular formula is C18H21NO5. The third-order valence-electron chi connectivity index (χ3n) is 3.62. The summed E-state index contributed by atoms with van der Waals surface area (Å²) in [7, 11) is 4.77. The second-order valence-electron chi connectivity index (χ2n) is 5.12. The largest absolute Gasteiger partial charge is 0.496 e. The zero-order chi connectivity index (χ0) is 17.5. The lowest BCUT2D eigenvalue weighted by Crippen LogP contribution is -2.14. The maximum atomic E-state index is 11.0. The first-order valence-electron chi connectivity index (χ1n) is 7.41. The molecule has 0 aromatic heterocycles. The summed E-state index contributed by atoms with van der Waals surface area (Å²) in [6.45, 7) is 1.03. The fourth-order valence-corrected chi connectivity index (χ4v) is 2.40. The average molecular weight is 331 g/mol. The van der Waals surface area contributed by atoms with Crippen LogP contribution in [0.5, 0.6) is 17.2 Å². The van der Waals surface area contributed by atoms with E-state index in [0.29, 0.717) is 30.3 Å². The highest BCUT2D eigenvalue weighted by molar-refractivity contribution is 5.87. The van der Waals surface area contributed by atoms with Gasteiger partial charge in [0.2, 0.25) is 0 Å². The summed E-state index contributed by atoms with van der Waals surface area (Å²) in [5.41, 5.74) is 2.03. The van der Waals surface area contributed by atoms with Crippen LogP contribution in [-0.2, 0) is 13.1 Å². The zero-order valence-corrected chi connectivity index (χ0v) is 14.0. The van der Waals surface area contributed by atoms with Gasteiger partial charge in [0, 0.05) is 25.2 Å². The molecule has 0 aliphatic rings. The molecule has 0 saturated carbocycles. The number of methoxy groups -OCH3 is 3. The van der Waals surface area contributed by atoms with Crippen LogP contribution in [0.15, 0.2) is 36.4 Å². The Bertz CT molecular complexity index is 689. The molecule has 0 unspecified atom stereocenters. The molecule has 2 aromatic carbocycles. The Labute approximate surface area is 141 Å². The normalized spacial score (nSPS) is 10.3. The van der Waals surface area contributed by atoms with Crippen LogP contribution in [0.4, 0.5) is 0 Å². The SMILES string of the molecule is COc1cc(OC)c(CNCc2cccc(C(=O)O)c2)c(OC)c1. The van der Waals surface area contributed by atoms with Crippen LogP contribution in [0.25, 0.3) is 0 Å². The molecule has 128 valence electrons. The Morgan fingerprint density at radius 3 is 2.21 bits per heavy atom. The van der Waals surface area contributed by atoms with Crippen molar-refractivity contribution < 1.29 is 24.1 Å². The van der Waals surface area contributed by atoms with Gasteiger partial charge in [-0.05, 0) is 17.7 Å². The second kappa shape index (κ2) is 8.21. The van der Waals surface area contributed by atoms with Gasteiger partial charge in [-0.3, -0.25) is 0 Å². The molecule has 0 bridgehead atoms. The number of ether oxygens (including phenoxy) is 3. The first-order valence-corrected chi connectivity index (χ1v) is 7.41. The van der Waals surface area contributed by atoms with Crippen molar-refractivity contribution >= 4 is 5.97 Å². The minimum absolute atomic E-state index is 0.272. The molecule has 6 nitrogen and oxygen atoms in total. The summed E-state index contributed by atoms with van der Waals surface area (Å²) in [6, 6.07) is 10.4. The average Bonchev–Trinajstić information content (AvgIpc) is 2.61. The van der Waals surface area contributed by atoms with Crippen LogP contribution in [0.2, 0.25) is 0 Å². The maximum absolute atomic E-state index is 11.0. The lowest BCUT2D eigenvalue weighted by atomic mass is 10.1. The lowest BCUT2D eigenvalue weighted by molar-refractivity contribution is 0.0696. The van der Waals surface area contributed by atoms with E-state index in [0.717, 1.165) is 11.1 Å². The van der Waals surface area contributed by atoms with Gasteiger partial charge in [-0.1, -0.05) is 12.1 Å². The van der Waals surface area contributed by atoms with E-state index in [1.807, 2.05) is 6.07 Å². The van der Waals surface area contributed by atoms with Gasteiger partial charge in [0.05, 0.1) is 32.5 Å². The number of carbonyl (C=O) groups is 1. The van der Waals surface area contributed by atoms with Crippen molar-refractivity contribution in [2.24, 2.45) is 0 Å². The predicted octanol–water partition coefficient (Wildman–Crippen LogP) is 2.70. The van der Waals surface area contributed by atoms with E-state index in [1.165, 1.54) is 0 Å². The molecule has 0 saturated heterocycles. The number of carboxylic acid groups (broad SMARTS) is 1. The zero-order valence-electron chi connectivity index (χ0n) is 14.0. The molecule has 0 aliphatic heterocycles. The van der Waals surface area contributed by atoms with E-state index < -0.39 is 5.97 Å². The van der Waals surface area contributed by atoms with Gasteiger partial charge in [-0.2, -0.15) is 0 Å². The summed E-state index contributed by atoms with van der Waals surface area (Å²) >= 11 is 0. The molecular weight excluding hydrogens is 310 g/mol. The van der Waals surface area contributed by atoms with Gasteiger partial charge in [0.25, 0.3) is 0 Å². The van der Waals surface area contributed by atoms with E-state index in [-0.39, 0.29) is 5.56 Å². The van der Waals surface area contributed by atoms with E-state index in [2.05, 4.69) is 5.32 Å². The molecule has 6 heteroatoms. The molecule has 0 fully saturated rings. The number of benzene rings is 2. The molecule has 2 aromatic rings. The van der Waals surface area contributed by atoms with Crippen molar-refractivity contribution in [1.29, 1.82) is 0 Å². The van der Waals surface area contributed by atoms with Gasteiger partial charge in [0.15, 0.2) is 0 Å². The van der Waals surface area contributed by atoms with Crippen molar-refractivity contribution in [1.82, 2.24) is 5.32 Å². The van der Waals surface area contributed by atoms with Crippen molar-refractivity contribution in [3.05, 3.63) is 53.1 Å². The predicted molar refractivity (Wildman–Crippen MR) is 90.0 cm³/mol. The molecule has 0 radical (unpaired) electrons. The molecule has 2 rings (SSSR count). The highest BCUT2D eigenvalue weighted by Crippen LogP contribution is 2.33. The third-order valence-corrected chi connectivity index (χ3v) is 3.62. The molecule has 0 atom stereocenters. The first kappa shape index (κ1) is 17.6. The maximum Gasteiger partial charge on any atom is 0.335 e. The van der Waals surface area contributed by atoms with Gasteiger partial charge >= 0.3 is 5.97 Å². The van der Waals surface area contributed by atoms with Crippen LogP contribution >= 0.6 is 0 Å². The van der Waals surface area contributed by atoms with E-state index in [9.17, 15) is 4.79 Å². The number of rotatable bonds is 8. The van der Waals surface area contributed by atoms with E-state index >= 15 is 0 Å². The topological polar surface area (TPSA) is 77.0 Å². The van der Waals surface area contributed by atoms with Crippen LogP contribution in [0.1, 0.15) is 21.5 Å². The smallest absolute Gasteiger partial charge is 0.335 e. The number of aromatic carboxylic acids is 1. The Balaban J connectivity index is 2.11. The Hall–Kier alpha value is -2.73. The molecule has 2 N–H and O–H groups in total. The molecule has 24 heavy (non-hydrogen) atoms. The molecule has 0 amide bonds. The first-order chi connectivity index (χ1) is 11.6. The van der Waals surface area contributed by atoms with Crippen molar-refractivity contribution in [3.63, 3.8) is 0 Å². The van der Waals surface area contributed by atoms with E-state index in [1.54, 1.807) is 51.7 Å². The van der Waals surface area contributed by atoms with E-state index in [4.69, 9.17) is 19.3 Å². The van der Waals surface area contributed by atoms with Crippen LogP contribution < -0.4 is 19.5 Å². The quantitative estimate of drug-likeness (QED) is 0.774. The summed E-state index contributed by atoms with van der Waals surface area (Å²) in [5, 5.41) is 12.3. The molecule has 0 spiro atoms. The Morgan fingerprint density at radius 1 is 1.00 bits per heavy atom. The van der Waals surface area contributed by atoms with Gasteiger partial charge in [-0.25, -0.2) is 4.79 Å². The van der Waals surface area contributed by atoms with Gasteiger partial charge < -0.3 is 24.6 Å². The Kier molecular flexibility index (Phi) is 6.03. The number of hydrogen-bond acceptors (Lipinski definition) is 5. The van der Waals surface area contributed by atoms with Gasteiger partial charge in [-0.15, -0.1) is 0 Å². The van der Waals surface area contributed by atoms with Crippen molar-refractivity contribution in [3.8, 4) is 17.2 Å². The monoisotopic (exact) mass is 331 g/mol. The highest BCUT2D eigenvalue weighted by atomic mass is 16.5. The fourth-order valence-electron chi connectivity index (χ4n) is 2.40. The lowest BCUT2D eigenvalue weighted by Gasteiger charge is -2.15. The fraction of sp³-hybridized carbons (Fsp3) is 0.278. The standard InChI is InChI=1S/C18H21NO5/c1-22-14-8-16(23-2)15(17(9-14)24-3)11-19-10-12-5-4-6-13(7-12)18(20)21/h4-9,19H,10-11H2,1-3H3,(H,20,21). The van der Waals surface area contributed by atoms with Gasteiger partial charge in [0.1, 0.15) is 17.2 Å². The Morgan fingerprint density at radius 2 is 1.67 bits per heavy atom.